The Morgan fingerprint density at radius 2 is 1.58 bits per heavy atom. The van der Waals surface area contributed by atoms with Crippen molar-refractivity contribution in [2.24, 2.45) is 0 Å². The van der Waals surface area contributed by atoms with Crippen molar-refractivity contribution in [1.29, 1.82) is 0 Å². The second-order valence-corrected chi connectivity index (χ2v) is 7.98. The lowest BCUT2D eigenvalue weighted by molar-refractivity contribution is -0.137. The molecule has 158 valence electrons. The minimum Gasteiger partial charge on any atom is -0.322 e. The molecule has 4 nitrogen and oxygen atoms in total. The third-order valence-electron chi connectivity index (χ3n) is 4.83. The molecule has 1 N–H and O–H groups in total. The highest BCUT2D eigenvalue weighted by molar-refractivity contribution is 8.00. The Balaban J connectivity index is 1.47. The Morgan fingerprint density at radius 3 is 2.19 bits per heavy atom. The molecule has 1 heterocycles. The fraction of sp³-hybridized carbons (Fsp3) is 0.130. The van der Waals surface area contributed by atoms with E-state index in [1.54, 1.807) is 17.0 Å². The number of benzene rings is 3. The number of anilines is 2. The van der Waals surface area contributed by atoms with E-state index in [0.29, 0.717) is 11.4 Å². The van der Waals surface area contributed by atoms with Gasteiger partial charge in [-0.05, 0) is 54.1 Å². The highest BCUT2D eigenvalue weighted by Crippen LogP contribution is 2.41. The van der Waals surface area contributed by atoms with E-state index in [-0.39, 0.29) is 16.8 Å². The molecule has 31 heavy (non-hydrogen) atoms. The summed E-state index contributed by atoms with van der Waals surface area (Å²) in [6.45, 7) is 0. The second kappa shape index (κ2) is 8.47. The zero-order valence-electron chi connectivity index (χ0n) is 16.1. The van der Waals surface area contributed by atoms with Gasteiger partial charge in [0.05, 0.1) is 11.3 Å². The fourth-order valence-electron chi connectivity index (χ4n) is 3.28. The summed E-state index contributed by atoms with van der Waals surface area (Å²) < 4.78 is 38.0. The Bertz CT molecular complexity index is 1080. The summed E-state index contributed by atoms with van der Waals surface area (Å²) in [7, 11) is 0. The summed E-state index contributed by atoms with van der Waals surface area (Å²) in [6, 6.07) is 20.5. The van der Waals surface area contributed by atoms with Crippen LogP contribution in [-0.2, 0) is 11.0 Å². The molecule has 0 radical (unpaired) electrons. The highest BCUT2D eigenvalue weighted by atomic mass is 32.2. The summed E-state index contributed by atoms with van der Waals surface area (Å²) in [5.41, 5.74) is 1.56. The van der Waals surface area contributed by atoms with Crippen molar-refractivity contribution in [1.82, 2.24) is 0 Å². The van der Waals surface area contributed by atoms with Crippen LogP contribution in [0.1, 0.15) is 26.9 Å². The molecule has 1 aliphatic rings. The van der Waals surface area contributed by atoms with Gasteiger partial charge in [0.2, 0.25) is 5.91 Å². The second-order valence-electron chi connectivity index (χ2n) is 6.91. The van der Waals surface area contributed by atoms with Gasteiger partial charge in [-0.1, -0.05) is 30.3 Å². The van der Waals surface area contributed by atoms with Crippen LogP contribution in [0.25, 0.3) is 0 Å². The van der Waals surface area contributed by atoms with Gasteiger partial charge in [-0.15, -0.1) is 11.8 Å². The van der Waals surface area contributed by atoms with Crippen molar-refractivity contribution < 1.29 is 22.8 Å². The largest absolute Gasteiger partial charge is 0.416 e. The Labute approximate surface area is 181 Å². The number of hydrogen-bond donors (Lipinski definition) is 1. The van der Waals surface area contributed by atoms with Crippen LogP contribution >= 0.6 is 11.8 Å². The summed E-state index contributed by atoms with van der Waals surface area (Å²) in [5, 5.41) is 2.51. The zero-order chi connectivity index (χ0) is 22.0. The molecule has 0 unspecified atom stereocenters. The van der Waals surface area contributed by atoms with Crippen molar-refractivity contribution in [3.63, 3.8) is 0 Å². The SMILES string of the molecule is O=C(Nc1ccc([C@@H]2SCC(=O)N2c2ccccc2)cc1)c1ccc(C(F)(F)F)cc1. The summed E-state index contributed by atoms with van der Waals surface area (Å²) in [5.74, 6) is -0.0925. The quantitative estimate of drug-likeness (QED) is 0.561. The number of rotatable bonds is 4. The predicted octanol–water partition coefficient (Wildman–Crippen LogP) is 5.74. The lowest BCUT2D eigenvalue weighted by atomic mass is 10.1. The van der Waals surface area contributed by atoms with E-state index in [2.05, 4.69) is 5.32 Å². The number of alkyl halides is 3. The molecule has 1 aliphatic heterocycles. The van der Waals surface area contributed by atoms with E-state index in [0.717, 1.165) is 35.5 Å². The molecule has 0 bridgehead atoms. The minimum atomic E-state index is -4.45. The molecule has 0 aliphatic carbocycles. The van der Waals surface area contributed by atoms with Gasteiger partial charge in [0.15, 0.2) is 0 Å². The smallest absolute Gasteiger partial charge is 0.322 e. The number of nitrogens with one attached hydrogen (secondary N) is 1. The minimum absolute atomic E-state index is 0.0286. The van der Waals surface area contributed by atoms with Gasteiger partial charge in [0.1, 0.15) is 5.37 Å². The third-order valence-corrected chi connectivity index (χ3v) is 6.04. The molecule has 1 fully saturated rings. The first-order chi connectivity index (χ1) is 14.8. The van der Waals surface area contributed by atoms with E-state index in [4.69, 9.17) is 0 Å². The van der Waals surface area contributed by atoms with Crippen molar-refractivity contribution in [3.8, 4) is 0 Å². The summed E-state index contributed by atoms with van der Waals surface area (Å²) >= 11 is 1.52. The van der Waals surface area contributed by atoms with Crippen LogP contribution in [-0.4, -0.2) is 17.6 Å². The number of hydrogen-bond acceptors (Lipinski definition) is 3. The van der Waals surface area contributed by atoms with Crippen LogP contribution in [0.5, 0.6) is 0 Å². The maximum Gasteiger partial charge on any atom is 0.416 e. The molecule has 3 aromatic rings. The van der Waals surface area contributed by atoms with Gasteiger partial charge in [0.25, 0.3) is 5.91 Å². The molecular weight excluding hydrogens is 425 g/mol. The molecule has 0 saturated carbocycles. The molecule has 3 aromatic carbocycles. The molecule has 0 spiro atoms. The number of nitrogens with zero attached hydrogens (tertiary/aromatic N) is 1. The number of carbonyl (C=O) groups is 2. The van der Waals surface area contributed by atoms with Crippen LogP contribution in [0.15, 0.2) is 78.9 Å². The number of carbonyl (C=O) groups excluding carboxylic acids is 2. The maximum atomic E-state index is 12.7. The van der Waals surface area contributed by atoms with Crippen LogP contribution < -0.4 is 10.2 Å². The Morgan fingerprint density at radius 1 is 0.935 bits per heavy atom. The predicted molar refractivity (Wildman–Crippen MR) is 115 cm³/mol. The average molecular weight is 442 g/mol. The van der Waals surface area contributed by atoms with Crippen LogP contribution in [0.3, 0.4) is 0 Å². The molecule has 4 rings (SSSR count). The third kappa shape index (κ3) is 4.59. The first kappa shape index (κ1) is 21.0. The van der Waals surface area contributed by atoms with E-state index in [9.17, 15) is 22.8 Å². The van der Waals surface area contributed by atoms with Crippen molar-refractivity contribution in [2.45, 2.75) is 11.6 Å². The molecular formula is C23H17F3N2O2S. The standard InChI is InChI=1S/C23H17F3N2O2S/c24-23(25,26)17-10-6-15(7-11-17)21(30)27-18-12-8-16(9-13-18)22-28(20(29)14-31-22)19-4-2-1-3-5-19/h1-13,22H,14H2,(H,27,30)/t22-/m0/s1. The number of para-hydroxylation sites is 1. The number of thioether (sulfide) groups is 1. The number of amides is 2. The fourth-order valence-corrected chi connectivity index (χ4v) is 4.46. The van der Waals surface area contributed by atoms with E-state index in [1.165, 1.54) is 11.8 Å². The normalized spacial score (nSPS) is 16.4. The zero-order valence-corrected chi connectivity index (χ0v) is 16.9. The van der Waals surface area contributed by atoms with Crippen LogP contribution in [0, 0.1) is 0 Å². The molecule has 0 aromatic heterocycles. The first-order valence-electron chi connectivity index (χ1n) is 9.40. The highest BCUT2D eigenvalue weighted by Gasteiger charge is 2.34. The van der Waals surface area contributed by atoms with E-state index in [1.807, 2.05) is 42.5 Å². The van der Waals surface area contributed by atoms with Gasteiger partial charge in [-0.2, -0.15) is 13.2 Å². The molecule has 2 amide bonds. The summed E-state index contributed by atoms with van der Waals surface area (Å²) in [6.07, 6.45) is -4.45. The van der Waals surface area contributed by atoms with Crippen molar-refractivity contribution in [2.75, 3.05) is 16.0 Å². The Hall–Kier alpha value is -3.26. The van der Waals surface area contributed by atoms with E-state index >= 15 is 0 Å². The van der Waals surface area contributed by atoms with Gasteiger partial charge in [0, 0.05) is 16.9 Å². The van der Waals surface area contributed by atoms with Crippen LogP contribution in [0.2, 0.25) is 0 Å². The van der Waals surface area contributed by atoms with Gasteiger partial charge in [-0.25, -0.2) is 0 Å². The molecule has 1 atom stereocenters. The topological polar surface area (TPSA) is 49.4 Å². The summed E-state index contributed by atoms with van der Waals surface area (Å²) in [4.78, 5) is 26.5. The Kier molecular flexibility index (Phi) is 5.73. The van der Waals surface area contributed by atoms with E-state index < -0.39 is 17.6 Å². The van der Waals surface area contributed by atoms with Crippen molar-refractivity contribution in [3.05, 3.63) is 95.6 Å². The van der Waals surface area contributed by atoms with Gasteiger partial charge in [-0.3, -0.25) is 14.5 Å². The number of halogens is 3. The van der Waals surface area contributed by atoms with Gasteiger partial charge >= 0.3 is 6.18 Å². The van der Waals surface area contributed by atoms with Crippen LogP contribution in [0.4, 0.5) is 24.5 Å². The van der Waals surface area contributed by atoms with Crippen molar-refractivity contribution >= 4 is 35.0 Å². The van der Waals surface area contributed by atoms with Gasteiger partial charge < -0.3 is 5.32 Å². The molecule has 1 saturated heterocycles. The lowest BCUT2D eigenvalue weighted by Gasteiger charge is -2.24. The average Bonchev–Trinajstić information content (AvgIpc) is 3.15. The first-order valence-corrected chi connectivity index (χ1v) is 10.4. The lowest BCUT2D eigenvalue weighted by Crippen LogP contribution is -2.27. The maximum absolute atomic E-state index is 12.7. The molecule has 8 heteroatoms. The monoisotopic (exact) mass is 442 g/mol.